The van der Waals surface area contributed by atoms with Crippen LogP contribution in [0.15, 0.2) is 36.4 Å². The third kappa shape index (κ3) is 5.02. The summed E-state index contributed by atoms with van der Waals surface area (Å²) in [4.78, 5) is 24.8. The number of likely N-dealkylation sites (tertiary alicyclic amines) is 1. The number of benzene rings is 1. The van der Waals surface area contributed by atoms with Crippen LogP contribution in [0.25, 0.3) is 0 Å². The first kappa shape index (κ1) is 21.2. The molecule has 0 saturated carbocycles. The number of pyridine rings is 1. The van der Waals surface area contributed by atoms with Crippen LogP contribution in [0.3, 0.4) is 0 Å². The summed E-state index contributed by atoms with van der Waals surface area (Å²) < 4.78 is 19.1. The van der Waals surface area contributed by atoms with Crippen molar-refractivity contribution in [3.63, 3.8) is 0 Å². The number of aromatic nitrogens is 2. The summed E-state index contributed by atoms with van der Waals surface area (Å²) in [6.45, 7) is 7.05. The quantitative estimate of drug-likeness (QED) is 0.600. The first-order valence-electron chi connectivity index (χ1n) is 10.2. The van der Waals surface area contributed by atoms with Crippen LogP contribution in [0.4, 0.5) is 15.2 Å². The molecule has 1 aromatic carbocycles. The zero-order chi connectivity index (χ0) is 22.0. The second kappa shape index (κ2) is 9.01. The molecule has 1 aliphatic rings. The van der Waals surface area contributed by atoms with Gasteiger partial charge in [0.1, 0.15) is 0 Å². The first-order valence-corrected chi connectivity index (χ1v) is 11.1. The summed E-state index contributed by atoms with van der Waals surface area (Å²) in [6, 6.07) is 10.1. The van der Waals surface area contributed by atoms with Crippen molar-refractivity contribution >= 4 is 28.1 Å². The Bertz CT molecular complexity index is 1080. The van der Waals surface area contributed by atoms with Gasteiger partial charge in [0, 0.05) is 41.0 Å². The summed E-state index contributed by atoms with van der Waals surface area (Å²) in [6.07, 6.45) is 0.830. The zero-order valence-corrected chi connectivity index (χ0v) is 18.6. The zero-order valence-electron chi connectivity index (χ0n) is 17.8. The molecule has 0 aliphatic carbocycles. The molecule has 3 heterocycles. The minimum Gasteiger partial charge on any atom is -0.481 e. The van der Waals surface area contributed by atoms with Gasteiger partial charge >= 0.3 is 0 Å². The normalized spacial score (nSPS) is 15.9. The fourth-order valence-corrected chi connectivity index (χ4v) is 4.48. The Labute approximate surface area is 185 Å². The summed E-state index contributed by atoms with van der Waals surface area (Å²) in [7, 11) is 0. The summed E-state index contributed by atoms with van der Waals surface area (Å²) in [5, 5.41) is 4.24. The maximum absolute atomic E-state index is 13.7. The molecule has 8 heteroatoms. The predicted octanol–water partition coefficient (Wildman–Crippen LogP) is 4.74. The van der Waals surface area contributed by atoms with E-state index in [4.69, 9.17) is 9.72 Å². The lowest BCUT2D eigenvalue weighted by Gasteiger charge is -2.17. The average Bonchev–Trinajstić information content (AvgIpc) is 3.34. The lowest BCUT2D eigenvalue weighted by atomic mass is 10.0. The number of nitrogens with zero attached hydrogens (tertiary/aromatic N) is 3. The molecule has 3 aromatic rings. The van der Waals surface area contributed by atoms with Gasteiger partial charge in [-0.3, -0.25) is 9.78 Å². The van der Waals surface area contributed by atoms with E-state index in [0.717, 1.165) is 34.3 Å². The Morgan fingerprint density at radius 2 is 2.06 bits per heavy atom. The predicted molar refractivity (Wildman–Crippen MR) is 120 cm³/mol. The molecule has 0 unspecified atom stereocenters. The van der Waals surface area contributed by atoms with Gasteiger partial charge in [0.15, 0.2) is 23.3 Å². The number of carbonyl (C=O) groups is 1. The molecule has 1 saturated heterocycles. The number of para-hydroxylation sites is 1. The van der Waals surface area contributed by atoms with E-state index in [9.17, 15) is 9.18 Å². The fourth-order valence-electron chi connectivity index (χ4n) is 3.65. The van der Waals surface area contributed by atoms with Crippen LogP contribution < -0.4 is 10.1 Å². The molecular weight excluding hydrogens is 415 g/mol. The summed E-state index contributed by atoms with van der Waals surface area (Å²) in [5.41, 5.74) is 3.85. The number of anilines is 2. The van der Waals surface area contributed by atoms with E-state index in [1.54, 1.807) is 28.4 Å². The SMILES string of the molecule is Cc1cc(Nc2nc(C)c(C)s2)cc([C@@H]2CCN(C(=O)COc3ccccc3F)C2)n1. The minimum atomic E-state index is -0.468. The lowest BCUT2D eigenvalue weighted by Crippen LogP contribution is -2.33. The Kier molecular flexibility index (Phi) is 6.18. The third-order valence-corrected chi connectivity index (χ3v) is 6.39. The molecule has 2 aromatic heterocycles. The molecular formula is C23H25FN4O2S. The van der Waals surface area contributed by atoms with Gasteiger partial charge in [0.05, 0.1) is 5.69 Å². The Morgan fingerprint density at radius 3 is 2.81 bits per heavy atom. The number of hydrogen-bond donors (Lipinski definition) is 1. The molecule has 1 fully saturated rings. The highest BCUT2D eigenvalue weighted by Gasteiger charge is 2.29. The van der Waals surface area contributed by atoms with Crippen LogP contribution in [-0.4, -0.2) is 40.5 Å². The average molecular weight is 441 g/mol. The number of rotatable bonds is 6. The highest BCUT2D eigenvalue weighted by Crippen LogP contribution is 2.30. The van der Waals surface area contributed by atoms with Gasteiger partial charge < -0.3 is 15.0 Å². The van der Waals surface area contributed by atoms with Crippen molar-refractivity contribution in [2.24, 2.45) is 0 Å². The van der Waals surface area contributed by atoms with Crippen molar-refractivity contribution < 1.29 is 13.9 Å². The summed E-state index contributed by atoms with van der Waals surface area (Å²) in [5.74, 6) is -0.373. The van der Waals surface area contributed by atoms with E-state index in [-0.39, 0.29) is 24.2 Å². The maximum Gasteiger partial charge on any atom is 0.260 e. The van der Waals surface area contributed by atoms with Crippen molar-refractivity contribution in [3.05, 3.63) is 64.2 Å². The van der Waals surface area contributed by atoms with E-state index >= 15 is 0 Å². The number of nitrogens with one attached hydrogen (secondary N) is 1. The van der Waals surface area contributed by atoms with Gasteiger partial charge in [-0.2, -0.15) is 0 Å². The van der Waals surface area contributed by atoms with Gasteiger partial charge in [0.25, 0.3) is 5.91 Å². The second-order valence-corrected chi connectivity index (χ2v) is 8.96. The fraction of sp³-hybridized carbons (Fsp3) is 0.348. The third-order valence-electron chi connectivity index (χ3n) is 5.40. The van der Waals surface area contributed by atoms with Crippen molar-refractivity contribution in [1.29, 1.82) is 0 Å². The van der Waals surface area contributed by atoms with Gasteiger partial charge in [-0.05, 0) is 51.5 Å². The highest BCUT2D eigenvalue weighted by atomic mass is 32.1. The molecule has 0 radical (unpaired) electrons. The number of halogens is 1. The highest BCUT2D eigenvalue weighted by molar-refractivity contribution is 7.15. The number of amides is 1. The monoisotopic (exact) mass is 440 g/mol. The van der Waals surface area contributed by atoms with Crippen molar-refractivity contribution in [2.45, 2.75) is 33.1 Å². The Balaban J connectivity index is 1.39. The molecule has 1 amide bonds. The van der Waals surface area contributed by atoms with E-state index in [1.165, 1.54) is 17.0 Å². The van der Waals surface area contributed by atoms with Crippen LogP contribution in [0.1, 0.15) is 34.3 Å². The first-order chi connectivity index (χ1) is 14.9. The topological polar surface area (TPSA) is 67.4 Å². The molecule has 1 aliphatic heterocycles. The Hall–Kier alpha value is -3.00. The van der Waals surface area contributed by atoms with Gasteiger partial charge in [-0.1, -0.05) is 12.1 Å². The largest absolute Gasteiger partial charge is 0.481 e. The number of hydrogen-bond acceptors (Lipinski definition) is 6. The van der Waals surface area contributed by atoms with Crippen molar-refractivity contribution in [2.75, 3.05) is 25.0 Å². The van der Waals surface area contributed by atoms with Crippen LogP contribution in [-0.2, 0) is 4.79 Å². The van der Waals surface area contributed by atoms with Gasteiger partial charge in [0.2, 0.25) is 0 Å². The molecule has 6 nitrogen and oxygen atoms in total. The minimum absolute atomic E-state index is 0.0929. The molecule has 31 heavy (non-hydrogen) atoms. The number of thiazole rings is 1. The number of carbonyl (C=O) groups excluding carboxylic acids is 1. The second-order valence-electron chi connectivity index (χ2n) is 7.75. The van der Waals surface area contributed by atoms with E-state index in [1.807, 2.05) is 26.0 Å². The van der Waals surface area contributed by atoms with Gasteiger partial charge in [-0.15, -0.1) is 11.3 Å². The molecule has 0 bridgehead atoms. The maximum atomic E-state index is 13.7. The molecule has 1 atom stereocenters. The molecule has 0 spiro atoms. The molecule has 4 rings (SSSR count). The van der Waals surface area contributed by atoms with Crippen molar-refractivity contribution in [3.8, 4) is 5.75 Å². The van der Waals surface area contributed by atoms with E-state index < -0.39 is 5.82 Å². The van der Waals surface area contributed by atoms with Crippen molar-refractivity contribution in [1.82, 2.24) is 14.9 Å². The van der Waals surface area contributed by atoms with E-state index in [2.05, 4.69) is 17.2 Å². The standard InChI is InChI=1S/C23H25FN4O2S/c1-14-10-18(27-23-26-15(2)16(3)31-23)11-20(25-14)17-8-9-28(12-17)22(29)13-30-21-7-5-4-6-19(21)24/h4-7,10-11,17H,8-9,12-13H2,1-3H3,(H,25,26,27)/t17-/m1/s1. The van der Waals surface area contributed by atoms with Crippen LogP contribution in [0.2, 0.25) is 0 Å². The van der Waals surface area contributed by atoms with Crippen LogP contribution in [0, 0.1) is 26.6 Å². The van der Waals surface area contributed by atoms with E-state index in [0.29, 0.717) is 13.1 Å². The molecule has 1 N–H and O–H groups in total. The van der Waals surface area contributed by atoms with Crippen LogP contribution in [0.5, 0.6) is 5.75 Å². The number of aryl methyl sites for hydroxylation is 3. The lowest BCUT2D eigenvalue weighted by molar-refractivity contribution is -0.132. The smallest absolute Gasteiger partial charge is 0.260 e. The van der Waals surface area contributed by atoms with Crippen LogP contribution >= 0.6 is 11.3 Å². The summed E-state index contributed by atoms with van der Waals surface area (Å²) >= 11 is 1.63. The molecule has 162 valence electrons. The van der Waals surface area contributed by atoms with Gasteiger partial charge in [-0.25, -0.2) is 9.37 Å². The Morgan fingerprint density at radius 1 is 1.26 bits per heavy atom. The number of ether oxygens (including phenoxy) is 1.